The third-order valence-corrected chi connectivity index (χ3v) is 4.13. The largest absolute Gasteiger partial charge is 0.383 e. The van der Waals surface area contributed by atoms with Crippen LogP contribution in [0.3, 0.4) is 0 Å². The minimum atomic E-state index is -0.415. The lowest BCUT2D eigenvalue weighted by atomic mass is 10.2. The molecule has 0 bridgehead atoms. The molecule has 2 aromatic rings. The van der Waals surface area contributed by atoms with E-state index in [1.54, 1.807) is 12.1 Å². The molecule has 2 N–H and O–H groups in total. The zero-order valence-corrected chi connectivity index (χ0v) is 13.1. The third kappa shape index (κ3) is 2.79. The van der Waals surface area contributed by atoms with Gasteiger partial charge in [0.2, 0.25) is 0 Å². The summed E-state index contributed by atoms with van der Waals surface area (Å²) in [6, 6.07) is 4.91. The van der Waals surface area contributed by atoms with Crippen molar-refractivity contribution in [2.75, 3.05) is 5.73 Å². The van der Waals surface area contributed by atoms with Crippen LogP contribution in [-0.2, 0) is 6.54 Å². The average Bonchev–Trinajstić information content (AvgIpc) is 2.59. The van der Waals surface area contributed by atoms with Crippen LogP contribution in [0.25, 0.3) is 0 Å². The van der Waals surface area contributed by atoms with Crippen molar-refractivity contribution in [3.05, 3.63) is 48.5 Å². The molecule has 6 nitrogen and oxygen atoms in total. The molecule has 8 heteroatoms. The summed E-state index contributed by atoms with van der Waals surface area (Å²) in [5, 5.41) is 15.3. The number of halogens is 2. The lowest BCUT2D eigenvalue weighted by Gasteiger charge is -2.06. The lowest BCUT2D eigenvalue weighted by Crippen LogP contribution is -2.08. The summed E-state index contributed by atoms with van der Waals surface area (Å²) in [4.78, 5) is 10.6. The fraction of sp³-hybridized carbons (Fsp3) is 0.182. The molecule has 2 rings (SSSR count). The normalized spacial score (nSPS) is 10.7. The average molecular weight is 390 g/mol. The number of nitro benzene ring substituents is 1. The Balaban J connectivity index is 2.43. The van der Waals surface area contributed by atoms with Gasteiger partial charge in [0.1, 0.15) is 5.82 Å². The van der Waals surface area contributed by atoms with E-state index < -0.39 is 4.92 Å². The summed E-state index contributed by atoms with van der Waals surface area (Å²) in [5.74, 6) is 0.453. The van der Waals surface area contributed by atoms with Gasteiger partial charge in [-0.05, 0) is 35.0 Å². The topological polar surface area (TPSA) is 87.0 Å². The Bertz CT molecular complexity index is 654. The Labute approximate surface area is 126 Å². The molecule has 1 aromatic carbocycles. The maximum Gasteiger partial charge on any atom is 0.275 e. The minimum absolute atomic E-state index is 0.0399. The first-order chi connectivity index (χ1) is 8.90. The molecule has 0 amide bonds. The zero-order chi connectivity index (χ0) is 14.2. The first-order valence-electron chi connectivity index (χ1n) is 5.31. The van der Waals surface area contributed by atoms with E-state index in [0.29, 0.717) is 20.3 Å². The first kappa shape index (κ1) is 14.0. The zero-order valence-electron chi connectivity index (χ0n) is 9.93. The fourth-order valence-corrected chi connectivity index (χ4v) is 2.33. The predicted molar refractivity (Wildman–Crippen MR) is 79.0 cm³/mol. The van der Waals surface area contributed by atoms with Gasteiger partial charge in [0.15, 0.2) is 0 Å². The van der Waals surface area contributed by atoms with Crippen LogP contribution in [0.5, 0.6) is 0 Å². The Morgan fingerprint density at radius 2 is 2.16 bits per heavy atom. The van der Waals surface area contributed by atoms with Gasteiger partial charge in [-0.25, -0.2) is 4.68 Å². The van der Waals surface area contributed by atoms with E-state index in [1.165, 1.54) is 10.7 Å². The van der Waals surface area contributed by atoms with E-state index in [1.807, 2.05) is 6.92 Å². The number of nitro groups is 1. The monoisotopic (exact) mass is 388 g/mol. The van der Waals surface area contributed by atoms with Crippen molar-refractivity contribution in [2.24, 2.45) is 0 Å². The van der Waals surface area contributed by atoms with Crippen LogP contribution in [0.15, 0.2) is 27.1 Å². The van der Waals surface area contributed by atoms with Crippen LogP contribution >= 0.6 is 31.9 Å². The van der Waals surface area contributed by atoms with Crippen molar-refractivity contribution < 1.29 is 4.92 Å². The number of hydrogen-bond donors (Lipinski definition) is 1. The second-order valence-electron chi connectivity index (χ2n) is 3.97. The molecule has 0 atom stereocenters. The molecule has 0 saturated heterocycles. The lowest BCUT2D eigenvalue weighted by molar-refractivity contribution is -0.385. The van der Waals surface area contributed by atoms with E-state index in [9.17, 15) is 10.1 Å². The number of nitrogens with zero attached hydrogens (tertiary/aromatic N) is 3. The number of benzene rings is 1. The number of rotatable bonds is 3. The quantitative estimate of drug-likeness (QED) is 0.644. The maximum atomic E-state index is 11.0. The molecule has 1 heterocycles. The first-order valence-corrected chi connectivity index (χ1v) is 6.90. The number of aryl methyl sites for hydroxylation is 1. The summed E-state index contributed by atoms with van der Waals surface area (Å²) >= 11 is 6.54. The predicted octanol–water partition coefficient (Wildman–Crippen LogP) is 3.26. The van der Waals surface area contributed by atoms with Gasteiger partial charge < -0.3 is 5.73 Å². The number of hydrogen-bond acceptors (Lipinski definition) is 4. The molecule has 0 unspecified atom stereocenters. The Morgan fingerprint density at radius 3 is 2.68 bits per heavy atom. The molecule has 0 spiro atoms. The summed E-state index contributed by atoms with van der Waals surface area (Å²) in [6.07, 6.45) is 0. The van der Waals surface area contributed by atoms with Crippen molar-refractivity contribution in [3.8, 4) is 0 Å². The van der Waals surface area contributed by atoms with Crippen molar-refractivity contribution in [1.29, 1.82) is 0 Å². The molecule has 100 valence electrons. The van der Waals surface area contributed by atoms with Gasteiger partial charge in [-0.15, -0.1) is 0 Å². The molecule has 0 aliphatic rings. The molecule has 1 aromatic heterocycles. The van der Waals surface area contributed by atoms with Gasteiger partial charge in [0.25, 0.3) is 5.69 Å². The second kappa shape index (κ2) is 5.30. The highest BCUT2D eigenvalue weighted by molar-refractivity contribution is 9.11. The van der Waals surface area contributed by atoms with Crippen LogP contribution in [0.1, 0.15) is 11.3 Å². The fourth-order valence-electron chi connectivity index (χ4n) is 1.70. The van der Waals surface area contributed by atoms with Gasteiger partial charge in [0, 0.05) is 10.5 Å². The van der Waals surface area contributed by atoms with Crippen molar-refractivity contribution in [1.82, 2.24) is 9.78 Å². The van der Waals surface area contributed by atoms with Crippen molar-refractivity contribution in [2.45, 2.75) is 13.5 Å². The van der Waals surface area contributed by atoms with Crippen LogP contribution in [0.2, 0.25) is 0 Å². The van der Waals surface area contributed by atoms with Gasteiger partial charge in [-0.3, -0.25) is 10.1 Å². The molecule has 0 aliphatic heterocycles. The molecular formula is C11H10Br2N4O2. The Kier molecular flexibility index (Phi) is 3.91. The van der Waals surface area contributed by atoms with Gasteiger partial charge in [-0.2, -0.15) is 5.10 Å². The minimum Gasteiger partial charge on any atom is -0.383 e. The highest BCUT2D eigenvalue weighted by Crippen LogP contribution is 2.27. The summed E-state index contributed by atoms with van der Waals surface area (Å²) in [5.41, 5.74) is 7.22. The van der Waals surface area contributed by atoms with Crippen LogP contribution < -0.4 is 5.73 Å². The standard InChI is InChI=1S/C11H10Br2N4O2/c1-6-10(13)11(14)16(15-6)5-7-2-3-8(12)4-9(7)17(18)19/h2-4H,5,14H2,1H3. The van der Waals surface area contributed by atoms with E-state index in [2.05, 4.69) is 37.0 Å². The van der Waals surface area contributed by atoms with Gasteiger partial charge >= 0.3 is 0 Å². The molecule has 19 heavy (non-hydrogen) atoms. The van der Waals surface area contributed by atoms with Gasteiger partial charge in [0.05, 0.1) is 27.2 Å². The number of nitrogen functional groups attached to an aromatic ring is 1. The molecule has 0 aliphatic carbocycles. The second-order valence-corrected chi connectivity index (χ2v) is 5.68. The summed E-state index contributed by atoms with van der Waals surface area (Å²) < 4.78 is 2.91. The van der Waals surface area contributed by atoms with Crippen molar-refractivity contribution >= 4 is 43.4 Å². The van der Waals surface area contributed by atoms with E-state index in [0.717, 1.165) is 5.69 Å². The molecule has 0 saturated carbocycles. The number of anilines is 1. The Morgan fingerprint density at radius 1 is 1.47 bits per heavy atom. The van der Waals surface area contributed by atoms with Gasteiger partial charge in [-0.1, -0.05) is 15.9 Å². The summed E-state index contributed by atoms with van der Waals surface area (Å²) in [6.45, 7) is 2.06. The molecule has 0 fully saturated rings. The highest BCUT2D eigenvalue weighted by Gasteiger charge is 2.17. The molecular weight excluding hydrogens is 380 g/mol. The molecule has 0 radical (unpaired) electrons. The van der Waals surface area contributed by atoms with Crippen LogP contribution in [0, 0.1) is 17.0 Å². The summed E-state index contributed by atoms with van der Waals surface area (Å²) in [7, 11) is 0. The highest BCUT2D eigenvalue weighted by atomic mass is 79.9. The number of aromatic nitrogens is 2. The van der Waals surface area contributed by atoms with E-state index in [4.69, 9.17) is 5.73 Å². The van der Waals surface area contributed by atoms with Crippen LogP contribution in [0.4, 0.5) is 11.5 Å². The number of nitrogens with two attached hydrogens (primary N) is 1. The SMILES string of the molecule is Cc1nn(Cc2ccc(Br)cc2[N+](=O)[O-])c(N)c1Br. The van der Waals surface area contributed by atoms with E-state index in [-0.39, 0.29) is 12.2 Å². The van der Waals surface area contributed by atoms with E-state index >= 15 is 0 Å². The third-order valence-electron chi connectivity index (χ3n) is 2.66. The van der Waals surface area contributed by atoms with Crippen LogP contribution in [-0.4, -0.2) is 14.7 Å². The van der Waals surface area contributed by atoms with Crippen molar-refractivity contribution in [3.63, 3.8) is 0 Å². The Hall–Kier alpha value is -1.41. The smallest absolute Gasteiger partial charge is 0.275 e. The maximum absolute atomic E-state index is 11.0.